The van der Waals surface area contributed by atoms with Crippen molar-refractivity contribution in [2.45, 2.75) is 25.5 Å². The predicted molar refractivity (Wildman–Crippen MR) is 95.9 cm³/mol. The van der Waals surface area contributed by atoms with E-state index in [2.05, 4.69) is 15.7 Å². The summed E-state index contributed by atoms with van der Waals surface area (Å²) in [6, 6.07) is 7.45. The van der Waals surface area contributed by atoms with Crippen molar-refractivity contribution in [3.63, 3.8) is 0 Å². The summed E-state index contributed by atoms with van der Waals surface area (Å²) >= 11 is 6.03. The molecule has 1 saturated heterocycles. The Bertz CT molecular complexity index is 831. The molecule has 1 amide bonds. The summed E-state index contributed by atoms with van der Waals surface area (Å²) in [5.41, 5.74) is 1.75. The lowest BCUT2D eigenvalue weighted by molar-refractivity contribution is -0.124. The molecule has 0 saturated carbocycles. The van der Waals surface area contributed by atoms with Gasteiger partial charge in [0.2, 0.25) is 0 Å². The first-order chi connectivity index (χ1) is 12.0. The van der Waals surface area contributed by atoms with Crippen LogP contribution in [-0.4, -0.2) is 28.4 Å². The average molecular weight is 363 g/mol. The standard InChI is InChI=1S/C17H19ClN4O3/c1-22-17(24)15(18)13(10-20-22)19-9-11-4-2-5-12(8-11)21-16(23)14-6-3-7-25-14/h2,4-5,8,10,14,19H,3,6-7,9H2,1H3,(H,21,23). The molecule has 1 aromatic carbocycles. The van der Waals surface area contributed by atoms with Crippen molar-refractivity contribution in [2.24, 2.45) is 7.05 Å². The Morgan fingerprint density at radius 3 is 3.08 bits per heavy atom. The Kier molecular flexibility index (Phi) is 5.35. The molecule has 0 radical (unpaired) electrons. The molecule has 0 spiro atoms. The Morgan fingerprint density at radius 1 is 1.48 bits per heavy atom. The molecule has 25 heavy (non-hydrogen) atoms. The van der Waals surface area contributed by atoms with Gasteiger partial charge in [0.15, 0.2) is 0 Å². The molecule has 2 N–H and O–H groups in total. The van der Waals surface area contributed by atoms with Gasteiger partial charge in [-0.1, -0.05) is 23.7 Å². The van der Waals surface area contributed by atoms with Gasteiger partial charge in [-0.05, 0) is 30.5 Å². The molecule has 1 aliphatic rings. The maximum absolute atomic E-state index is 12.1. The van der Waals surface area contributed by atoms with E-state index < -0.39 is 0 Å². The molecule has 1 aliphatic heterocycles. The molecule has 3 rings (SSSR count). The summed E-state index contributed by atoms with van der Waals surface area (Å²) in [6.07, 6.45) is 2.80. The van der Waals surface area contributed by atoms with Gasteiger partial charge in [0.25, 0.3) is 11.5 Å². The second kappa shape index (κ2) is 7.67. The van der Waals surface area contributed by atoms with E-state index in [0.717, 1.165) is 18.4 Å². The number of hydrogen-bond donors (Lipinski definition) is 2. The third kappa shape index (κ3) is 4.18. The molecule has 132 valence electrons. The normalized spacial score (nSPS) is 16.6. The molecule has 1 fully saturated rings. The highest BCUT2D eigenvalue weighted by molar-refractivity contribution is 6.32. The smallest absolute Gasteiger partial charge is 0.287 e. The lowest BCUT2D eigenvalue weighted by Crippen LogP contribution is -2.26. The van der Waals surface area contributed by atoms with Crippen LogP contribution in [0.25, 0.3) is 0 Å². The molecule has 8 heteroatoms. The molecule has 0 bridgehead atoms. The fourth-order valence-electron chi connectivity index (χ4n) is 2.60. The third-order valence-electron chi connectivity index (χ3n) is 3.98. The molecule has 2 aromatic rings. The average Bonchev–Trinajstić information content (AvgIpc) is 3.14. The van der Waals surface area contributed by atoms with E-state index in [-0.39, 0.29) is 22.6 Å². The van der Waals surface area contributed by atoms with E-state index in [0.29, 0.717) is 24.5 Å². The van der Waals surface area contributed by atoms with Crippen molar-refractivity contribution >= 4 is 28.9 Å². The predicted octanol–water partition coefficient (Wildman–Crippen LogP) is 2.16. The zero-order valence-corrected chi connectivity index (χ0v) is 14.5. The lowest BCUT2D eigenvalue weighted by Gasteiger charge is -2.12. The minimum Gasteiger partial charge on any atom is -0.378 e. The minimum absolute atomic E-state index is 0.0975. The zero-order valence-electron chi connectivity index (χ0n) is 13.8. The van der Waals surface area contributed by atoms with E-state index in [9.17, 15) is 9.59 Å². The van der Waals surface area contributed by atoms with Crippen molar-refractivity contribution < 1.29 is 9.53 Å². The molecule has 0 aliphatic carbocycles. The van der Waals surface area contributed by atoms with Gasteiger partial charge in [-0.2, -0.15) is 5.10 Å². The number of benzene rings is 1. The molecular formula is C17H19ClN4O3. The summed E-state index contributed by atoms with van der Waals surface area (Å²) in [4.78, 5) is 23.9. The summed E-state index contributed by atoms with van der Waals surface area (Å²) in [6.45, 7) is 1.07. The molecule has 1 atom stereocenters. The molecule has 2 heterocycles. The van der Waals surface area contributed by atoms with Crippen LogP contribution >= 0.6 is 11.6 Å². The van der Waals surface area contributed by atoms with E-state index in [4.69, 9.17) is 16.3 Å². The van der Waals surface area contributed by atoms with Crippen molar-refractivity contribution in [1.82, 2.24) is 9.78 Å². The number of amides is 1. The number of anilines is 2. The Morgan fingerprint density at radius 2 is 2.32 bits per heavy atom. The molecule has 1 unspecified atom stereocenters. The van der Waals surface area contributed by atoms with Crippen LogP contribution in [0.5, 0.6) is 0 Å². The zero-order chi connectivity index (χ0) is 17.8. The number of carbonyl (C=O) groups excluding carboxylic acids is 1. The summed E-state index contributed by atoms with van der Waals surface area (Å²) in [5, 5.41) is 9.99. The van der Waals surface area contributed by atoms with Crippen LogP contribution in [0.15, 0.2) is 35.3 Å². The van der Waals surface area contributed by atoms with Crippen molar-refractivity contribution in [2.75, 3.05) is 17.2 Å². The minimum atomic E-state index is -0.368. The van der Waals surface area contributed by atoms with Gasteiger partial charge >= 0.3 is 0 Å². The van der Waals surface area contributed by atoms with Gasteiger partial charge in [-0.15, -0.1) is 0 Å². The SMILES string of the molecule is Cn1ncc(NCc2cccc(NC(=O)C3CCCO3)c2)c(Cl)c1=O. The summed E-state index contributed by atoms with van der Waals surface area (Å²) in [5.74, 6) is -0.124. The van der Waals surface area contributed by atoms with Gasteiger partial charge in [0, 0.05) is 25.9 Å². The maximum atomic E-state index is 12.1. The number of ether oxygens (including phenoxy) is 1. The number of aryl methyl sites for hydroxylation is 1. The van der Waals surface area contributed by atoms with E-state index in [1.807, 2.05) is 24.3 Å². The van der Waals surface area contributed by atoms with Gasteiger partial charge in [-0.25, -0.2) is 4.68 Å². The van der Waals surface area contributed by atoms with Crippen molar-refractivity contribution in [1.29, 1.82) is 0 Å². The van der Waals surface area contributed by atoms with Crippen LogP contribution in [0.3, 0.4) is 0 Å². The molecule has 7 nitrogen and oxygen atoms in total. The third-order valence-corrected chi connectivity index (χ3v) is 4.34. The summed E-state index contributed by atoms with van der Waals surface area (Å²) in [7, 11) is 1.54. The highest BCUT2D eigenvalue weighted by Crippen LogP contribution is 2.19. The number of nitrogens with one attached hydrogen (secondary N) is 2. The van der Waals surface area contributed by atoms with Crippen LogP contribution in [0.4, 0.5) is 11.4 Å². The number of carbonyl (C=O) groups is 1. The van der Waals surface area contributed by atoms with E-state index >= 15 is 0 Å². The fraction of sp³-hybridized carbons (Fsp3) is 0.353. The van der Waals surface area contributed by atoms with Crippen molar-refractivity contribution in [3.8, 4) is 0 Å². The Hall–Kier alpha value is -2.38. The first-order valence-corrected chi connectivity index (χ1v) is 8.39. The maximum Gasteiger partial charge on any atom is 0.287 e. The van der Waals surface area contributed by atoms with Crippen LogP contribution < -0.4 is 16.2 Å². The van der Waals surface area contributed by atoms with Crippen LogP contribution in [0, 0.1) is 0 Å². The molecule has 1 aromatic heterocycles. The number of nitrogens with zero attached hydrogens (tertiary/aromatic N) is 2. The lowest BCUT2D eigenvalue weighted by atomic mass is 10.2. The largest absolute Gasteiger partial charge is 0.378 e. The van der Waals surface area contributed by atoms with Crippen molar-refractivity contribution in [3.05, 3.63) is 51.4 Å². The number of hydrogen-bond acceptors (Lipinski definition) is 5. The van der Waals surface area contributed by atoms with Crippen LogP contribution in [-0.2, 0) is 23.1 Å². The number of halogens is 1. The highest BCUT2D eigenvalue weighted by atomic mass is 35.5. The van der Waals surface area contributed by atoms with Crippen LogP contribution in [0.2, 0.25) is 5.02 Å². The number of aromatic nitrogens is 2. The first kappa shape index (κ1) is 17.4. The monoisotopic (exact) mass is 362 g/mol. The van der Waals surface area contributed by atoms with Crippen LogP contribution in [0.1, 0.15) is 18.4 Å². The number of rotatable bonds is 5. The highest BCUT2D eigenvalue weighted by Gasteiger charge is 2.23. The Labute approximate surface area is 149 Å². The first-order valence-electron chi connectivity index (χ1n) is 8.01. The summed E-state index contributed by atoms with van der Waals surface area (Å²) < 4.78 is 6.55. The van der Waals surface area contributed by atoms with Gasteiger partial charge in [0.1, 0.15) is 11.1 Å². The van der Waals surface area contributed by atoms with Gasteiger partial charge in [0.05, 0.1) is 11.9 Å². The fourth-order valence-corrected chi connectivity index (χ4v) is 2.84. The van der Waals surface area contributed by atoms with Gasteiger partial charge < -0.3 is 15.4 Å². The van der Waals surface area contributed by atoms with Gasteiger partial charge in [-0.3, -0.25) is 9.59 Å². The van der Waals surface area contributed by atoms with E-state index in [1.54, 1.807) is 0 Å². The quantitative estimate of drug-likeness (QED) is 0.851. The second-order valence-electron chi connectivity index (χ2n) is 5.85. The second-order valence-corrected chi connectivity index (χ2v) is 6.22. The molecular weight excluding hydrogens is 344 g/mol. The van der Waals surface area contributed by atoms with E-state index in [1.165, 1.54) is 17.9 Å². The Balaban J connectivity index is 1.65. The topological polar surface area (TPSA) is 85.2 Å².